The Morgan fingerprint density at radius 2 is 1.54 bits per heavy atom. The van der Waals surface area contributed by atoms with Gasteiger partial charge in [-0.1, -0.05) is 64.2 Å². The van der Waals surface area contributed by atoms with Crippen LogP contribution in [0.2, 0.25) is 0 Å². The van der Waals surface area contributed by atoms with Gasteiger partial charge in [-0.15, -0.1) is 0 Å². The van der Waals surface area contributed by atoms with Crippen LogP contribution >= 0.6 is 0 Å². The number of hydrogen-bond acceptors (Lipinski definition) is 4. The summed E-state index contributed by atoms with van der Waals surface area (Å²) in [6.07, 6.45) is 17.5. The standard InChI is InChI=1S/C22H43NO3/c1-18(24)14-12-10-8-6-4-5-7-9-11-13-15-21-16-17-22(19(2)23-21)26-20(3)25/h18-19,21-24H,4-17H2,1-3H3/t18?,19-,21+,22-/m1/s1. The van der Waals surface area contributed by atoms with Crippen molar-refractivity contribution in [2.75, 3.05) is 0 Å². The summed E-state index contributed by atoms with van der Waals surface area (Å²) in [6, 6.07) is 0.872. The molecule has 4 nitrogen and oxygen atoms in total. The minimum absolute atomic E-state index is 0.0517. The van der Waals surface area contributed by atoms with Gasteiger partial charge in [-0.05, 0) is 39.5 Å². The van der Waals surface area contributed by atoms with E-state index in [2.05, 4.69) is 12.2 Å². The summed E-state index contributed by atoms with van der Waals surface area (Å²) >= 11 is 0. The Morgan fingerprint density at radius 1 is 1.00 bits per heavy atom. The van der Waals surface area contributed by atoms with Crippen molar-refractivity contribution in [3.05, 3.63) is 0 Å². The van der Waals surface area contributed by atoms with E-state index in [-0.39, 0.29) is 24.2 Å². The molecule has 4 atom stereocenters. The Labute approximate surface area is 161 Å². The number of hydrogen-bond donors (Lipinski definition) is 2. The molecule has 26 heavy (non-hydrogen) atoms. The summed E-state index contributed by atoms with van der Waals surface area (Å²) in [6.45, 7) is 5.51. The van der Waals surface area contributed by atoms with Crippen LogP contribution in [0.25, 0.3) is 0 Å². The molecular weight excluding hydrogens is 326 g/mol. The summed E-state index contributed by atoms with van der Waals surface area (Å²) in [5.41, 5.74) is 0. The van der Waals surface area contributed by atoms with Crippen LogP contribution in [0.3, 0.4) is 0 Å². The molecule has 0 aromatic carbocycles. The predicted molar refractivity (Wildman–Crippen MR) is 108 cm³/mol. The van der Waals surface area contributed by atoms with Gasteiger partial charge in [0.15, 0.2) is 0 Å². The highest BCUT2D eigenvalue weighted by molar-refractivity contribution is 5.66. The van der Waals surface area contributed by atoms with E-state index in [0.29, 0.717) is 6.04 Å². The molecule has 1 saturated heterocycles. The molecule has 1 heterocycles. The van der Waals surface area contributed by atoms with Gasteiger partial charge in [0.05, 0.1) is 6.10 Å². The number of nitrogens with one attached hydrogen (secondary N) is 1. The Morgan fingerprint density at radius 3 is 2.04 bits per heavy atom. The maximum Gasteiger partial charge on any atom is 0.302 e. The molecule has 1 unspecified atom stereocenters. The van der Waals surface area contributed by atoms with Gasteiger partial charge in [0.1, 0.15) is 6.10 Å². The SMILES string of the molecule is CC(=O)O[C@@H]1CC[C@H](CCCCCCCCCCCCC(C)O)N[C@@H]1C. The zero-order valence-electron chi connectivity index (χ0n) is 17.5. The molecule has 1 fully saturated rings. The fraction of sp³-hybridized carbons (Fsp3) is 0.955. The van der Waals surface area contributed by atoms with Crippen LogP contribution in [0.4, 0.5) is 0 Å². The van der Waals surface area contributed by atoms with Crippen LogP contribution in [0.5, 0.6) is 0 Å². The number of ether oxygens (including phenoxy) is 1. The molecule has 0 saturated carbocycles. The van der Waals surface area contributed by atoms with Crippen LogP contribution in [-0.2, 0) is 9.53 Å². The minimum Gasteiger partial charge on any atom is -0.461 e. The van der Waals surface area contributed by atoms with Crippen LogP contribution in [-0.4, -0.2) is 35.4 Å². The van der Waals surface area contributed by atoms with Gasteiger partial charge >= 0.3 is 5.97 Å². The van der Waals surface area contributed by atoms with Crippen molar-refractivity contribution in [2.24, 2.45) is 0 Å². The van der Waals surface area contributed by atoms with E-state index in [1.807, 2.05) is 6.92 Å². The summed E-state index contributed by atoms with van der Waals surface area (Å²) in [5.74, 6) is -0.165. The number of esters is 1. The molecule has 0 spiro atoms. The zero-order valence-corrected chi connectivity index (χ0v) is 17.5. The first-order valence-corrected chi connectivity index (χ1v) is 11.1. The second kappa shape index (κ2) is 14.4. The lowest BCUT2D eigenvalue weighted by Crippen LogP contribution is -2.50. The van der Waals surface area contributed by atoms with Gasteiger partial charge in [-0.25, -0.2) is 0 Å². The average molecular weight is 370 g/mol. The zero-order chi connectivity index (χ0) is 19.2. The maximum atomic E-state index is 11.1. The second-order valence-electron chi connectivity index (χ2n) is 8.34. The third kappa shape index (κ3) is 11.9. The summed E-state index contributed by atoms with van der Waals surface area (Å²) in [5, 5.41) is 12.8. The first-order chi connectivity index (χ1) is 12.5. The molecule has 1 aliphatic rings. The quantitative estimate of drug-likeness (QED) is 0.329. The van der Waals surface area contributed by atoms with Crippen molar-refractivity contribution < 1.29 is 14.6 Å². The molecule has 0 radical (unpaired) electrons. The number of carbonyl (C=O) groups excluding carboxylic acids is 1. The summed E-state index contributed by atoms with van der Waals surface area (Å²) < 4.78 is 5.36. The number of rotatable bonds is 14. The lowest BCUT2D eigenvalue weighted by molar-refractivity contribution is -0.149. The maximum absolute atomic E-state index is 11.1. The Balaban J connectivity index is 1.87. The lowest BCUT2D eigenvalue weighted by Gasteiger charge is -2.35. The first kappa shape index (κ1) is 23.4. The highest BCUT2D eigenvalue weighted by Crippen LogP contribution is 2.21. The van der Waals surface area contributed by atoms with Gasteiger partial charge < -0.3 is 15.2 Å². The van der Waals surface area contributed by atoms with Crippen LogP contribution < -0.4 is 5.32 Å². The van der Waals surface area contributed by atoms with Gasteiger partial charge in [0.2, 0.25) is 0 Å². The van der Waals surface area contributed by atoms with Crippen molar-refractivity contribution in [1.29, 1.82) is 0 Å². The van der Waals surface area contributed by atoms with E-state index in [0.717, 1.165) is 19.3 Å². The molecule has 1 aliphatic heterocycles. The number of aliphatic hydroxyl groups excluding tert-OH is 1. The molecule has 4 heteroatoms. The normalized spacial score (nSPS) is 24.4. The van der Waals surface area contributed by atoms with Crippen molar-refractivity contribution in [2.45, 2.75) is 135 Å². The molecular formula is C22H43NO3. The van der Waals surface area contributed by atoms with Crippen molar-refractivity contribution >= 4 is 5.97 Å². The number of carbonyl (C=O) groups is 1. The first-order valence-electron chi connectivity index (χ1n) is 11.1. The molecule has 2 N–H and O–H groups in total. The van der Waals surface area contributed by atoms with E-state index in [1.165, 1.54) is 77.6 Å². The third-order valence-electron chi connectivity index (χ3n) is 5.60. The molecule has 1 rings (SSSR count). The number of unbranched alkanes of at least 4 members (excludes halogenated alkanes) is 9. The van der Waals surface area contributed by atoms with E-state index in [1.54, 1.807) is 0 Å². The van der Waals surface area contributed by atoms with Crippen molar-refractivity contribution in [1.82, 2.24) is 5.32 Å². The largest absolute Gasteiger partial charge is 0.461 e. The number of aliphatic hydroxyl groups is 1. The lowest BCUT2D eigenvalue weighted by atomic mass is 9.93. The molecule has 0 aromatic heterocycles. The van der Waals surface area contributed by atoms with E-state index in [9.17, 15) is 9.90 Å². The molecule has 0 aliphatic carbocycles. The predicted octanol–water partition coefficient (Wildman–Crippen LogP) is 5.12. The van der Waals surface area contributed by atoms with Crippen molar-refractivity contribution in [3.63, 3.8) is 0 Å². The topological polar surface area (TPSA) is 58.6 Å². The highest BCUT2D eigenvalue weighted by atomic mass is 16.5. The monoisotopic (exact) mass is 369 g/mol. The van der Waals surface area contributed by atoms with Crippen LogP contribution in [0.1, 0.15) is 111 Å². The Kier molecular flexibility index (Phi) is 13.0. The van der Waals surface area contributed by atoms with Crippen LogP contribution in [0.15, 0.2) is 0 Å². The Bertz CT molecular complexity index is 359. The number of piperidine rings is 1. The summed E-state index contributed by atoms with van der Waals surface area (Å²) in [4.78, 5) is 11.1. The fourth-order valence-corrected chi connectivity index (χ4v) is 4.02. The molecule has 0 aromatic rings. The van der Waals surface area contributed by atoms with E-state index in [4.69, 9.17) is 4.74 Å². The second-order valence-corrected chi connectivity index (χ2v) is 8.34. The van der Waals surface area contributed by atoms with E-state index >= 15 is 0 Å². The third-order valence-corrected chi connectivity index (χ3v) is 5.60. The molecule has 0 amide bonds. The van der Waals surface area contributed by atoms with Gasteiger partial charge in [-0.2, -0.15) is 0 Å². The molecule has 0 bridgehead atoms. The van der Waals surface area contributed by atoms with Gasteiger partial charge in [-0.3, -0.25) is 4.79 Å². The smallest absolute Gasteiger partial charge is 0.302 e. The average Bonchev–Trinajstić information content (AvgIpc) is 2.57. The van der Waals surface area contributed by atoms with E-state index < -0.39 is 0 Å². The minimum atomic E-state index is -0.165. The highest BCUT2D eigenvalue weighted by Gasteiger charge is 2.28. The molecule has 154 valence electrons. The van der Waals surface area contributed by atoms with Crippen LogP contribution in [0, 0.1) is 0 Å². The Hall–Kier alpha value is -0.610. The van der Waals surface area contributed by atoms with Gasteiger partial charge in [0, 0.05) is 19.0 Å². The summed E-state index contributed by atoms with van der Waals surface area (Å²) in [7, 11) is 0. The fourth-order valence-electron chi connectivity index (χ4n) is 4.02. The van der Waals surface area contributed by atoms with Gasteiger partial charge in [0.25, 0.3) is 0 Å². The van der Waals surface area contributed by atoms with Crippen molar-refractivity contribution in [3.8, 4) is 0 Å².